The molecule has 0 saturated heterocycles. The van der Waals surface area contributed by atoms with Crippen molar-refractivity contribution in [1.29, 1.82) is 0 Å². The van der Waals surface area contributed by atoms with Crippen molar-refractivity contribution in [3.63, 3.8) is 0 Å². The van der Waals surface area contributed by atoms with E-state index in [1.165, 1.54) is 18.2 Å². The predicted octanol–water partition coefficient (Wildman–Crippen LogP) is 6.38. The van der Waals surface area contributed by atoms with Crippen LogP contribution in [-0.2, 0) is 6.18 Å². The summed E-state index contributed by atoms with van der Waals surface area (Å²) in [5.41, 5.74) is -0.793. The number of rotatable bonds is 1. The fourth-order valence-corrected chi connectivity index (χ4v) is 2.85. The van der Waals surface area contributed by atoms with Crippen molar-refractivity contribution in [3.8, 4) is 11.1 Å². The molecule has 0 atom stereocenters. The Labute approximate surface area is 132 Å². The molecule has 2 aromatic rings. The van der Waals surface area contributed by atoms with Gasteiger partial charge in [0.2, 0.25) is 0 Å². The van der Waals surface area contributed by atoms with Crippen LogP contribution in [-0.4, -0.2) is 4.98 Å². The van der Waals surface area contributed by atoms with E-state index >= 15 is 0 Å². The van der Waals surface area contributed by atoms with Gasteiger partial charge in [0.05, 0.1) is 10.0 Å². The van der Waals surface area contributed by atoms with Gasteiger partial charge in [0.15, 0.2) is 0 Å². The summed E-state index contributed by atoms with van der Waals surface area (Å²) in [5.74, 6) is 0. The lowest BCUT2D eigenvalue weighted by Gasteiger charge is -2.12. The zero-order valence-corrected chi connectivity index (χ0v) is 12.4. The average molecular weight is 361 g/mol. The van der Waals surface area contributed by atoms with Gasteiger partial charge in [0.25, 0.3) is 0 Å². The Bertz CT molecular complexity index is 647. The molecule has 106 valence electrons. The molecule has 0 saturated carbocycles. The average Bonchev–Trinajstić information content (AvgIpc) is 2.25. The third-order valence-electron chi connectivity index (χ3n) is 2.38. The molecule has 1 aromatic carbocycles. The van der Waals surface area contributed by atoms with Crippen LogP contribution in [0.5, 0.6) is 0 Å². The maximum Gasteiger partial charge on any atom is 0.433 e. The molecule has 0 aliphatic heterocycles. The molecule has 0 amide bonds. The normalized spacial score (nSPS) is 11.8. The summed E-state index contributed by atoms with van der Waals surface area (Å²) in [7, 11) is 0. The van der Waals surface area contributed by atoms with Crippen molar-refractivity contribution >= 4 is 46.4 Å². The number of nitrogens with zero attached hydrogens (tertiary/aromatic N) is 1. The van der Waals surface area contributed by atoms with Gasteiger partial charge >= 0.3 is 6.18 Å². The minimum Gasteiger partial charge on any atom is -0.232 e. The first-order valence-corrected chi connectivity index (χ1v) is 6.59. The largest absolute Gasteiger partial charge is 0.433 e. The van der Waals surface area contributed by atoms with Gasteiger partial charge < -0.3 is 0 Å². The van der Waals surface area contributed by atoms with E-state index in [2.05, 4.69) is 4.98 Å². The van der Waals surface area contributed by atoms with Gasteiger partial charge in [-0.3, -0.25) is 0 Å². The molecule has 0 spiro atoms. The topological polar surface area (TPSA) is 12.9 Å². The van der Waals surface area contributed by atoms with Gasteiger partial charge in [-0.25, -0.2) is 4.98 Å². The van der Waals surface area contributed by atoms with Crippen LogP contribution in [0.1, 0.15) is 5.69 Å². The predicted molar refractivity (Wildman–Crippen MR) is 74.7 cm³/mol. The van der Waals surface area contributed by atoms with E-state index in [1.807, 2.05) is 0 Å². The zero-order chi connectivity index (χ0) is 15.1. The monoisotopic (exact) mass is 359 g/mol. The minimum absolute atomic E-state index is 0.115. The lowest BCUT2D eigenvalue weighted by molar-refractivity contribution is -0.141. The number of benzene rings is 1. The molecule has 2 rings (SSSR count). The molecule has 0 radical (unpaired) electrons. The van der Waals surface area contributed by atoms with E-state index < -0.39 is 11.9 Å². The van der Waals surface area contributed by atoms with Gasteiger partial charge in [0.1, 0.15) is 10.8 Å². The van der Waals surface area contributed by atoms with E-state index in [0.29, 0.717) is 0 Å². The summed E-state index contributed by atoms with van der Waals surface area (Å²) < 4.78 is 38.2. The van der Waals surface area contributed by atoms with Gasteiger partial charge in [-0.15, -0.1) is 0 Å². The van der Waals surface area contributed by atoms with Crippen LogP contribution >= 0.6 is 46.4 Å². The second kappa shape index (κ2) is 5.60. The third kappa shape index (κ3) is 3.31. The number of pyridine rings is 1. The van der Waals surface area contributed by atoms with Crippen LogP contribution < -0.4 is 0 Å². The maximum absolute atomic E-state index is 12.7. The Kier molecular flexibility index (Phi) is 4.40. The third-order valence-corrected chi connectivity index (χ3v) is 3.39. The number of aromatic nitrogens is 1. The van der Waals surface area contributed by atoms with Crippen molar-refractivity contribution in [3.05, 3.63) is 50.2 Å². The molecular formula is C12H4Cl4F3N. The molecule has 0 fully saturated rings. The molecule has 0 N–H and O–H groups in total. The van der Waals surface area contributed by atoms with Crippen molar-refractivity contribution in [2.24, 2.45) is 0 Å². The first kappa shape index (κ1) is 15.7. The lowest BCUT2D eigenvalue weighted by atomic mass is 10.1. The first-order valence-electron chi connectivity index (χ1n) is 5.08. The van der Waals surface area contributed by atoms with Crippen LogP contribution in [0.15, 0.2) is 24.3 Å². The van der Waals surface area contributed by atoms with Crippen LogP contribution in [0.25, 0.3) is 11.1 Å². The van der Waals surface area contributed by atoms with Crippen molar-refractivity contribution in [2.75, 3.05) is 0 Å². The highest BCUT2D eigenvalue weighted by molar-refractivity contribution is 6.42. The second-order valence-corrected chi connectivity index (χ2v) is 5.44. The van der Waals surface area contributed by atoms with Gasteiger partial charge in [-0.05, 0) is 29.8 Å². The van der Waals surface area contributed by atoms with Crippen molar-refractivity contribution < 1.29 is 13.2 Å². The quantitative estimate of drug-likeness (QED) is 0.537. The lowest BCUT2D eigenvalue weighted by Crippen LogP contribution is -2.08. The van der Waals surface area contributed by atoms with Gasteiger partial charge in [0, 0.05) is 10.6 Å². The van der Waals surface area contributed by atoms with E-state index in [1.54, 1.807) is 0 Å². The first-order chi connectivity index (χ1) is 9.18. The highest BCUT2D eigenvalue weighted by Crippen LogP contribution is 2.40. The summed E-state index contributed by atoms with van der Waals surface area (Å²) in [6.45, 7) is 0. The Morgan fingerprint density at radius 2 is 1.40 bits per heavy atom. The summed E-state index contributed by atoms with van der Waals surface area (Å²) >= 11 is 23.3. The Morgan fingerprint density at radius 1 is 0.850 bits per heavy atom. The molecule has 8 heteroatoms. The molecule has 1 heterocycles. The molecule has 0 aliphatic carbocycles. The smallest absolute Gasteiger partial charge is 0.232 e. The molecule has 1 aromatic heterocycles. The summed E-state index contributed by atoms with van der Waals surface area (Å²) in [6, 6.07) is 4.84. The SMILES string of the molecule is FC(F)(F)c1cc(-c2c(Cl)cc(Cl)cc2Cl)cc(Cl)n1. The van der Waals surface area contributed by atoms with E-state index in [0.717, 1.165) is 6.07 Å². The van der Waals surface area contributed by atoms with Crippen LogP contribution in [0, 0.1) is 0 Å². The van der Waals surface area contributed by atoms with Gasteiger partial charge in [-0.1, -0.05) is 46.4 Å². The fraction of sp³-hybridized carbons (Fsp3) is 0.0833. The van der Waals surface area contributed by atoms with E-state index in [9.17, 15) is 13.2 Å². The molecule has 0 bridgehead atoms. The molecular weight excluding hydrogens is 357 g/mol. The van der Waals surface area contributed by atoms with Crippen molar-refractivity contribution in [2.45, 2.75) is 6.18 Å². The van der Waals surface area contributed by atoms with Crippen LogP contribution in [0.3, 0.4) is 0 Å². The Hall–Kier alpha value is -0.680. The molecule has 0 unspecified atom stereocenters. The second-order valence-electron chi connectivity index (χ2n) is 3.81. The minimum atomic E-state index is -4.62. The summed E-state index contributed by atoms with van der Waals surface area (Å²) in [4.78, 5) is 3.24. The molecule has 20 heavy (non-hydrogen) atoms. The Morgan fingerprint density at radius 3 is 1.90 bits per heavy atom. The fourth-order valence-electron chi connectivity index (χ4n) is 1.60. The van der Waals surface area contributed by atoms with E-state index in [4.69, 9.17) is 46.4 Å². The van der Waals surface area contributed by atoms with Crippen molar-refractivity contribution in [1.82, 2.24) is 4.98 Å². The standard InChI is InChI=1S/C12H4Cl4F3N/c13-6-3-7(14)11(8(15)4-6)5-1-9(12(17,18)19)20-10(16)2-5/h1-4H. The van der Waals surface area contributed by atoms with Gasteiger partial charge in [-0.2, -0.15) is 13.2 Å². The Balaban J connectivity index is 2.68. The number of hydrogen-bond donors (Lipinski definition) is 0. The zero-order valence-electron chi connectivity index (χ0n) is 9.40. The van der Waals surface area contributed by atoms with E-state index in [-0.39, 0.29) is 31.3 Å². The number of hydrogen-bond acceptors (Lipinski definition) is 1. The molecule has 0 aliphatic rings. The van der Waals surface area contributed by atoms with Crippen LogP contribution in [0.2, 0.25) is 20.2 Å². The highest BCUT2D eigenvalue weighted by Gasteiger charge is 2.33. The highest BCUT2D eigenvalue weighted by atomic mass is 35.5. The molecule has 1 nitrogen and oxygen atoms in total. The summed E-state index contributed by atoms with van der Waals surface area (Å²) in [5, 5.41) is 0.215. The van der Waals surface area contributed by atoms with Crippen LogP contribution in [0.4, 0.5) is 13.2 Å². The number of alkyl halides is 3. The summed E-state index contributed by atoms with van der Waals surface area (Å²) in [6.07, 6.45) is -4.62. The number of halogens is 7. The maximum atomic E-state index is 12.7.